The zero-order valence-electron chi connectivity index (χ0n) is 35.9. The molecule has 6 N–H and O–H groups in total. The molecule has 0 aliphatic carbocycles. The number of hydrogen-bond acceptors (Lipinski definition) is 12. The van der Waals surface area contributed by atoms with Gasteiger partial charge in [0, 0.05) is 34.8 Å². The Kier molecular flexibility index (Phi) is 14.3. The van der Waals surface area contributed by atoms with Crippen LogP contribution in [0.25, 0.3) is 6.08 Å². The van der Waals surface area contributed by atoms with Gasteiger partial charge in [-0.25, -0.2) is 0 Å². The molecule has 0 saturated heterocycles. The predicted octanol–water partition coefficient (Wildman–Crippen LogP) is 11.6. The molecule has 0 amide bonds. The van der Waals surface area contributed by atoms with E-state index in [0.29, 0.717) is 35.7 Å². The number of anilines is 10. The van der Waals surface area contributed by atoms with Gasteiger partial charge < -0.3 is 31.9 Å². The number of aryl methyl sites for hydroxylation is 7. The van der Waals surface area contributed by atoms with Crippen LogP contribution in [0.5, 0.6) is 0 Å². The second-order valence-electron chi connectivity index (χ2n) is 15.2. The number of benzene rings is 4. The minimum atomic E-state index is 0.205. The minimum Gasteiger partial charge on any atom is -0.352 e. The van der Waals surface area contributed by atoms with E-state index in [1.54, 1.807) is 0 Å². The first-order valence-electron chi connectivity index (χ1n) is 19.7. The first-order valence-corrected chi connectivity index (χ1v) is 19.7. The van der Waals surface area contributed by atoms with Gasteiger partial charge in [0.15, 0.2) is 0 Å². The number of rotatable bonds is 13. The molecule has 12 nitrogen and oxygen atoms in total. The molecule has 0 saturated carbocycles. The Balaban J connectivity index is 0.000000221. The molecule has 0 bridgehead atoms. The molecule has 0 radical (unpaired) electrons. The average Bonchev–Trinajstić information content (AvgIpc) is 3.14. The summed E-state index contributed by atoms with van der Waals surface area (Å²) < 4.78 is 0. The lowest BCUT2D eigenvalue weighted by atomic mass is 10.1. The SMILES string of the molecule is C/C=C/c1ccc(Nc2nc(Nc3cc(C)ccc3C)nc(NC(C)C)n2)cc1C.Cc1ccc(C)c(Nc2nc(Nc3ccc(C)c(C)c3)nc(NC(C)C)n2)c1. The second kappa shape index (κ2) is 19.5. The third-order valence-corrected chi connectivity index (χ3v) is 9.02. The molecule has 2 aromatic heterocycles. The van der Waals surface area contributed by atoms with Crippen LogP contribution in [-0.4, -0.2) is 42.0 Å². The number of nitrogens with one attached hydrogen (secondary N) is 6. The van der Waals surface area contributed by atoms with Crippen LogP contribution in [0.3, 0.4) is 0 Å². The van der Waals surface area contributed by atoms with E-state index in [1.165, 1.54) is 33.4 Å². The number of hydrogen-bond donors (Lipinski definition) is 6. The molecule has 6 rings (SSSR count). The number of aromatic nitrogens is 6. The Morgan fingerprint density at radius 2 is 0.810 bits per heavy atom. The van der Waals surface area contributed by atoms with Gasteiger partial charge in [0.1, 0.15) is 0 Å². The summed E-state index contributed by atoms with van der Waals surface area (Å²) in [5.74, 6) is 3.03. The fraction of sp³-hybridized carbons (Fsp3) is 0.304. The van der Waals surface area contributed by atoms with Gasteiger partial charge in [-0.2, -0.15) is 29.9 Å². The van der Waals surface area contributed by atoms with Crippen LogP contribution in [0, 0.1) is 48.5 Å². The van der Waals surface area contributed by atoms with Crippen molar-refractivity contribution in [2.24, 2.45) is 0 Å². The Bertz CT molecular complexity index is 2370. The highest BCUT2D eigenvalue weighted by molar-refractivity contribution is 5.66. The van der Waals surface area contributed by atoms with Gasteiger partial charge >= 0.3 is 0 Å². The van der Waals surface area contributed by atoms with Gasteiger partial charge in [0.25, 0.3) is 0 Å². The lowest BCUT2D eigenvalue weighted by Gasteiger charge is -2.14. The minimum absolute atomic E-state index is 0.205. The van der Waals surface area contributed by atoms with Crippen LogP contribution >= 0.6 is 0 Å². The van der Waals surface area contributed by atoms with Crippen LogP contribution in [-0.2, 0) is 0 Å². The maximum absolute atomic E-state index is 4.59. The third-order valence-electron chi connectivity index (χ3n) is 9.02. The molecular formula is C46H58N12. The Morgan fingerprint density at radius 1 is 0.414 bits per heavy atom. The molecule has 6 aromatic rings. The fourth-order valence-corrected chi connectivity index (χ4v) is 5.80. The maximum Gasteiger partial charge on any atom is 0.233 e. The van der Waals surface area contributed by atoms with Gasteiger partial charge in [0.05, 0.1) is 0 Å². The van der Waals surface area contributed by atoms with Crippen molar-refractivity contribution in [1.29, 1.82) is 0 Å². The summed E-state index contributed by atoms with van der Waals surface area (Å²) >= 11 is 0. The first kappa shape index (κ1) is 42.6. The number of nitrogens with zero attached hydrogens (tertiary/aromatic N) is 6. The molecule has 0 fully saturated rings. The Morgan fingerprint density at radius 3 is 1.22 bits per heavy atom. The summed E-state index contributed by atoms with van der Waals surface area (Å²) in [5, 5.41) is 19.8. The topological polar surface area (TPSA) is 150 Å². The summed E-state index contributed by atoms with van der Waals surface area (Å²) in [5.41, 5.74) is 13.3. The lowest BCUT2D eigenvalue weighted by Crippen LogP contribution is -2.15. The van der Waals surface area contributed by atoms with Crippen molar-refractivity contribution in [3.63, 3.8) is 0 Å². The van der Waals surface area contributed by atoms with Crippen molar-refractivity contribution in [2.45, 2.75) is 95.2 Å². The lowest BCUT2D eigenvalue weighted by molar-refractivity contribution is 0.869. The van der Waals surface area contributed by atoms with E-state index in [0.717, 1.165) is 33.9 Å². The predicted molar refractivity (Wildman–Crippen MR) is 244 cm³/mol. The number of allylic oxidation sites excluding steroid dienone is 1. The van der Waals surface area contributed by atoms with Crippen molar-refractivity contribution >= 4 is 64.5 Å². The summed E-state index contributed by atoms with van der Waals surface area (Å²) in [7, 11) is 0. The molecule has 0 aliphatic rings. The molecule has 0 atom stereocenters. The maximum atomic E-state index is 4.59. The van der Waals surface area contributed by atoms with Crippen molar-refractivity contribution in [2.75, 3.05) is 31.9 Å². The zero-order chi connectivity index (χ0) is 41.9. The van der Waals surface area contributed by atoms with Crippen LogP contribution in [0.4, 0.5) is 58.4 Å². The molecule has 2 heterocycles. The van der Waals surface area contributed by atoms with Gasteiger partial charge in [-0.1, -0.05) is 48.6 Å². The summed E-state index contributed by atoms with van der Waals surface area (Å²) in [6.07, 6.45) is 4.13. The van der Waals surface area contributed by atoms with Crippen molar-refractivity contribution in [3.8, 4) is 0 Å². The van der Waals surface area contributed by atoms with E-state index in [1.807, 2.05) is 25.1 Å². The molecular weight excluding hydrogens is 721 g/mol. The Hall–Kier alpha value is -6.56. The normalized spacial score (nSPS) is 11.0. The van der Waals surface area contributed by atoms with E-state index in [9.17, 15) is 0 Å². The molecule has 0 aliphatic heterocycles. The monoisotopic (exact) mass is 778 g/mol. The van der Waals surface area contributed by atoms with E-state index in [4.69, 9.17) is 0 Å². The van der Waals surface area contributed by atoms with Crippen molar-refractivity contribution in [3.05, 3.63) is 123 Å². The smallest absolute Gasteiger partial charge is 0.233 e. The van der Waals surface area contributed by atoms with Crippen LogP contribution in [0.15, 0.2) is 78.9 Å². The molecule has 0 spiro atoms. The van der Waals surface area contributed by atoms with E-state index >= 15 is 0 Å². The van der Waals surface area contributed by atoms with Gasteiger partial charge in [-0.3, -0.25) is 0 Å². The Labute approximate surface area is 343 Å². The molecule has 4 aromatic carbocycles. The summed E-state index contributed by atoms with van der Waals surface area (Å²) in [6, 6.07) is 25.3. The van der Waals surface area contributed by atoms with Gasteiger partial charge in [0.2, 0.25) is 35.7 Å². The fourth-order valence-electron chi connectivity index (χ4n) is 5.80. The largest absolute Gasteiger partial charge is 0.352 e. The first-order chi connectivity index (χ1) is 27.6. The van der Waals surface area contributed by atoms with E-state index in [-0.39, 0.29) is 12.1 Å². The highest BCUT2D eigenvalue weighted by Gasteiger charge is 2.12. The van der Waals surface area contributed by atoms with E-state index in [2.05, 4.69) is 205 Å². The second-order valence-corrected chi connectivity index (χ2v) is 15.2. The average molecular weight is 779 g/mol. The van der Waals surface area contributed by atoms with Crippen LogP contribution < -0.4 is 31.9 Å². The van der Waals surface area contributed by atoms with Gasteiger partial charge in [-0.05, 0) is 164 Å². The van der Waals surface area contributed by atoms with E-state index < -0.39 is 0 Å². The van der Waals surface area contributed by atoms with Gasteiger partial charge in [-0.15, -0.1) is 0 Å². The zero-order valence-corrected chi connectivity index (χ0v) is 35.9. The van der Waals surface area contributed by atoms with Crippen LogP contribution in [0.2, 0.25) is 0 Å². The summed E-state index contributed by atoms with van der Waals surface area (Å²) in [6.45, 7) is 24.8. The standard InChI is InChI=1S/C24H30N6.C22H28N6/c1-7-8-19-11-12-20(14-18(19)6)26-23-28-22(25-15(2)3)29-24(30-23)27-21-13-16(4)9-10-17(21)5;1-13(2)23-20-26-21(24-18-10-9-15(4)17(6)12-18)28-22(27-20)25-19-11-14(3)7-8-16(19)5/h7-15H,1-6H3,(H3,25,26,27,28,29,30);7-13H,1-6H3,(H3,23,24,25,26,27,28)/b8-7+;. The third kappa shape index (κ3) is 12.5. The quantitative estimate of drug-likeness (QED) is 0.0662. The van der Waals surface area contributed by atoms with Crippen molar-refractivity contribution < 1.29 is 0 Å². The molecule has 58 heavy (non-hydrogen) atoms. The highest BCUT2D eigenvalue weighted by Crippen LogP contribution is 2.25. The highest BCUT2D eigenvalue weighted by atomic mass is 15.3. The summed E-state index contributed by atoms with van der Waals surface area (Å²) in [4.78, 5) is 27.3. The molecule has 0 unspecified atom stereocenters. The van der Waals surface area contributed by atoms with Crippen LogP contribution in [0.1, 0.15) is 79.1 Å². The molecule has 302 valence electrons. The van der Waals surface area contributed by atoms with Crippen molar-refractivity contribution in [1.82, 2.24) is 29.9 Å². The molecule has 12 heteroatoms.